The molecular formula is C16H20N2O3. The summed E-state index contributed by atoms with van der Waals surface area (Å²) >= 11 is 0. The Morgan fingerprint density at radius 3 is 2.48 bits per heavy atom. The normalized spacial score (nSPS) is 10.0. The van der Waals surface area contributed by atoms with Crippen molar-refractivity contribution in [2.75, 3.05) is 31.9 Å². The van der Waals surface area contributed by atoms with E-state index in [-0.39, 0.29) is 0 Å². The minimum absolute atomic E-state index is 0.566. The van der Waals surface area contributed by atoms with Gasteiger partial charge in [0.25, 0.3) is 0 Å². The molecule has 0 saturated carbocycles. The average Bonchev–Trinajstić information content (AvgIpc) is 2.50. The van der Waals surface area contributed by atoms with Crippen molar-refractivity contribution in [3.05, 3.63) is 36.4 Å². The van der Waals surface area contributed by atoms with Crippen LogP contribution in [0.4, 0.5) is 17.1 Å². The highest BCUT2D eigenvalue weighted by Crippen LogP contribution is 2.33. The average molecular weight is 288 g/mol. The number of nitrogen functional groups attached to an aromatic ring is 1. The Labute approximate surface area is 124 Å². The fourth-order valence-electron chi connectivity index (χ4n) is 1.96. The van der Waals surface area contributed by atoms with Gasteiger partial charge in [0, 0.05) is 17.8 Å². The fraction of sp³-hybridized carbons (Fsp3) is 0.250. The molecule has 0 saturated heterocycles. The van der Waals surface area contributed by atoms with Crippen LogP contribution in [0.25, 0.3) is 0 Å². The summed E-state index contributed by atoms with van der Waals surface area (Å²) in [6, 6.07) is 11.1. The lowest BCUT2D eigenvalue weighted by Crippen LogP contribution is -1.99. The highest BCUT2D eigenvalue weighted by atomic mass is 16.5. The summed E-state index contributed by atoms with van der Waals surface area (Å²) in [5, 5.41) is 3.28. The number of hydrogen-bond acceptors (Lipinski definition) is 5. The van der Waals surface area contributed by atoms with Crippen molar-refractivity contribution in [1.29, 1.82) is 0 Å². The zero-order valence-electron chi connectivity index (χ0n) is 12.5. The molecule has 2 rings (SSSR count). The highest BCUT2D eigenvalue weighted by molar-refractivity contribution is 5.71. The first-order valence-electron chi connectivity index (χ1n) is 6.69. The molecule has 3 N–H and O–H groups in total. The van der Waals surface area contributed by atoms with Crippen molar-refractivity contribution in [3.8, 4) is 17.2 Å². The minimum Gasteiger partial charge on any atom is -0.497 e. The van der Waals surface area contributed by atoms with Gasteiger partial charge in [0.05, 0.1) is 32.2 Å². The van der Waals surface area contributed by atoms with Gasteiger partial charge in [0.2, 0.25) is 0 Å². The van der Waals surface area contributed by atoms with E-state index in [0.717, 1.165) is 22.9 Å². The van der Waals surface area contributed by atoms with Gasteiger partial charge in [-0.25, -0.2) is 0 Å². The van der Waals surface area contributed by atoms with Crippen LogP contribution in [0.5, 0.6) is 17.2 Å². The van der Waals surface area contributed by atoms with Crippen LogP contribution in [0.1, 0.15) is 6.92 Å². The van der Waals surface area contributed by atoms with E-state index < -0.39 is 0 Å². The number of anilines is 3. The van der Waals surface area contributed by atoms with Crippen LogP contribution in [-0.4, -0.2) is 20.8 Å². The Morgan fingerprint density at radius 1 is 1.00 bits per heavy atom. The molecule has 2 aromatic carbocycles. The molecule has 0 spiro atoms. The molecule has 21 heavy (non-hydrogen) atoms. The lowest BCUT2D eigenvalue weighted by molar-refractivity contribution is 0.342. The van der Waals surface area contributed by atoms with Gasteiger partial charge in [-0.3, -0.25) is 0 Å². The molecule has 0 heterocycles. The van der Waals surface area contributed by atoms with Crippen LogP contribution in [0.2, 0.25) is 0 Å². The van der Waals surface area contributed by atoms with Crippen LogP contribution in [0.3, 0.4) is 0 Å². The molecule has 0 atom stereocenters. The van der Waals surface area contributed by atoms with Gasteiger partial charge in [0.1, 0.15) is 17.2 Å². The fourth-order valence-corrected chi connectivity index (χ4v) is 1.96. The molecule has 0 radical (unpaired) electrons. The van der Waals surface area contributed by atoms with Crippen LogP contribution >= 0.6 is 0 Å². The minimum atomic E-state index is 0.566. The third-order valence-corrected chi connectivity index (χ3v) is 3.00. The van der Waals surface area contributed by atoms with Gasteiger partial charge in [0.15, 0.2) is 0 Å². The van der Waals surface area contributed by atoms with E-state index in [4.69, 9.17) is 19.9 Å². The second-order valence-corrected chi connectivity index (χ2v) is 4.38. The first-order chi connectivity index (χ1) is 10.2. The SMILES string of the molecule is CCOc1cc(Nc2cc(OC)ccc2OC)ccc1N. The largest absolute Gasteiger partial charge is 0.497 e. The summed E-state index contributed by atoms with van der Waals surface area (Å²) in [7, 11) is 3.25. The molecule has 2 aromatic rings. The molecule has 0 aliphatic heterocycles. The molecule has 0 aromatic heterocycles. The summed E-state index contributed by atoms with van der Waals surface area (Å²) in [6.07, 6.45) is 0. The van der Waals surface area contributed by atoms with Gasteiger partial charge < -0.3 is 25.3 Å². The van der Waals surface area contributed by atoms with Gasteiger partial charge in [-0.1, -0.05) is 0 Å². The molecule has 5 nitrogen and oxygen atoms in total. The standard InChI is InChI=1S/C16H20N2O3/c1-4-21-16-9-11(5-7-13(16)17)18-14-10-12(19-2)6-8-15(14)20-3/h5-10,18H,4,17H2,1-3H3. The smallest absolute Gasteiger partial charge is 0.144 e. The maximum atomic E-state index is 5.87. The molecule has 5 heteroatoms. The Hall–Kier alpha value is -2.56. The zero-order chi connectivity index (χ0) is 15.2. The van der Waals surface area contributed by atoms with E-state index in [1.165, 1.54) is 0 Å². The monoisotopic (exact) mass is 288 g/mol. The number of methoxy groups -OCH3 is 2. The maximum absolute atomic E-state index is 5.87. The molecule has 112 valence electrons. The number of nitrogens with two attached hydrogens (primary N) is 1. The van der Waals surface area contributed by atoms with Gasteiger partial charge in [-0.15, -0.1) is 0 Å². The van der Waals surface area contributed by atoms with Crippen molar-refractivity contribution < 1.29 is 14.2 Å². The first kappa shape index (κ1) is 14.8. The first-order valence-corrected chi connectivity index (χ1v) is 6.69. The van der Waals surface area contributed by atoms with Gasteiger partial charge in [-0.05, 0) is 31.2 Å². The number of rotatable bonds is 6. The highest BCUT2D eigenvalue weighted by Gasteiger charge is 2.07. The Morgan fingerprint density at radius 2 is 1.81 bits per heavy atom. The van der Waals surface area contributed by atoms with Crippen LogP contribution in [0, 0.1) is 0 Å². The van der Waals surface area contributed by atoms with Gasteiger partial charge >= 0.3 is 0 Å². The quantitative estimate of drug-likeness (QED) is 0.797. The Bertz CT molecular complexity index is 614. The maximum Gasteiger partial charge on any atom is 0.144 e. The summed E-state index contributed by atoms with van der Waals surface area (Å²) < 4.78 is 16.1. The van der Waals surface area contributed by atoms with Crippen LogP contribution in [-0.2, 0) is 0 Å². The molecule has 0 bridgehead atoms. The second kappa shape index (κ2) is 6.74. The van der Waals surface area contributed by atoms with E-state index in [9.17, 15) is 0 Å². The third-order valence-electron chi connectivity index (χ3n) is 3.00. The number of nitrogens with one attached hydrogen (secondary N) is 1. The second-order valence-electron chi connectivity index (χ2n) is 4.38. The van der Waals surface area contributed by atoms with Crippen LogP contribution < -0.4 is 25.3 Å². The molecule has 0 aliphatic carbocycles. The van der Waals surface area contributed by atoms with Gasteiger partial charge in [-0.2, -0.15) is 0 Å². The number of benzene rings is 2. The summed E-state index contributed by atoms with van der Waals surface area (Å²) in [6.45, 7) is 2.49. The third kappa shape index (κ3) is 3.51. The van der Waals surface area contributed by atoms with Crippen LogP contribution in [0.15, 0.2) is 36.4 Å². The van der Waals surface area contributed by atoms with Crippen molar-refractivity contribution in [3.63, 3.8) is 0 Å². The molecule has 0 aliphatic rings. The van der Waals surface area contributed by atoms with Crippen molar-refractivity contribution in [2.24, 2.45) is 0 Å². The predicted molar refractivity (Wildman–Crippen MR) is 84.9 cm³/mol. The van der Waals surface area contributed by atoms with Crippen molar-refractivity contribution in [2.45, 2.75) is 6.92 Å². The Kier molecular flexibility index (Phi) is 4.77. The summed E-state index contributed by atoms with van der Waals surface area (Å²) in [5.74, 6) is 2.13. The molecule has 0 unspecified atom stereocenters. The molecular weight excluding hydrogens is 268 g/mol. The lowest BCUT2D eigenvalue weighted by Gasteiger charge is -2.14. The van der Waals surface area contributed by atoms with Crippen molar-refractivity contribution in [1.82, 2.24) is 0 Å². The van der Waals surface area contributed by atoms with Crippen molar-refractivity contribution >= 4 is 17.1 Å². The summed E-state index contributed by atoms with van der Waals surface area (Å²) in [4.78, 5) is 0. The zero-order valence-corrected chi connectivity index (χ0v) is 12.5. The predicted octanol–water partition coefficient (Wildman–Crippen LogP) is 3.43. The molecule has 0 amide bonds. The van der Waals surface area contributed by atoms with E-state index in [1.807, 2.05) is 37.3 Å². The molecule has 0 fully saturated rings. The Balaban J connectivity index is 2.30. The van der Waals surface area contributed by atoms with E-state index in [2.05, 4.69) is 5.32 Å². The van der Waals surface area contributed by atoms with E-state index >= 15 is 0 Å². The summed E-state index contributed by atoms with van der Waals surface area (Å²) in [5.41, 5.74) is 8.15. The lowest BCUT2D eigenvalue weighted by atomic mass is 10.2. The van der Waals surface area contributed by atoms with E-state index in [1.54, 1.807) is 20.3 Å². The van der Waals surface area contributed by atoms with E-state index in [0.29, 0.717) is 18.0 Å². The number of hydrogen-bond donors (Lipinski definition) is 2. The number of ether oxygens (including phenoxy) is 3. The topological polar surface area (TPSA) is 65.7 Å².